The molecule has 8 heteroatoms. The molecule has 0 atom stereocenters. The molecule has 2 aromatic rings. The van der Waals surface area contributed by atoms with Gasteiger partial charge in [0.1, 0.15) is 5.75 Å². The first kappa shape index (κ1) is 20.8. The molecule has 5 nitrogen and oxygen atoms in total. The van der Waals surface area contributed by atoms with Crippen molar-refractivity contribution in [2.45, 2.75) is 6.42 Å². The number of hydrogen-bond donors (Lipinski definition) is 0. The molecule has 0 aromatic heterocycles. The van der Waals surface area contributed by atoms with Gasteiger partial charge in [0.15, 0.2) is 0 Å². The highest BCUT2D eigenvalue weighted by molar-refractivity contribution is 6.35. The fourth-order valence-electron chi connectivity index (χ4n) is 3.17. The molecule has 0 spiro atoms. The molecule has 1 aliphatic heterocycles. The molecule has 0 unspecified atom stereocenters. The Labute approximate surface area is 178 Å². The number of ether oxygens (including phenoxy) is 1. The number of rotatable bonds is 3. The Hall–Kier alpha value is -1.95. The van der Waals surface area contributed by atoms with Gasteiger partial charge in [0.2, 0.25) is 0 Å². The lowest BCUT2D eigenvalue weighted by Crippen LogP contribution is -2.37. The van der Waals surface area contributed by atoms with Crippen LogP contribution in [0.4, 0.5) is 0 Å². The van der Waals surface area contributed by atoms with Crippen molar-refractivity contribution in [3.63, 3.8) is 0 Å². The number of halogens is 3. The van der Waals surface area contributed by atoms with E-state index >= 15 is 0 Å². The van der Waals surface area contributed by atoms with Gasteiger partial charge in [-0.3, -0.25) is 9.59 Å². The summed E-state index contributed by atoms with van der Waals surface area (Å²) in [6, 6.07) is 9.76. The lowest BCUT2D eigenvalue weighted by molar-refractivity contribution is 0.0717. The third kappa shape index (κ3) is 4.54. The Morgan fingerprint density at radius 2 is 1.36 bits per heavy atom. The Bertz CT molecular complexity index is 904. The normalized spacial score (nSPS) is 14.6. The smallest absolute Gasteiger partial charge is 0.257 e. The van der Waals surface area contributed by atoms with Gasteiger partial charge in [-0.05, 0) is 42.8 Å². The van der Waals surface area contributed by atoms with Crippen LogP contribution in [0.5, 0.6) is 5.75 Å². The molecule has 3 rings (SSSR count). The van der Waals surface area contributed by atoms with Crippen LogP contribution >= 0.6 is 34.8 Å². The monoisotopic (exact) mass is 440 g/mol. The van der Waals surface area contributed by atoms with Gasteiger partial charge in [0.05, 0.1) is 23.3 Å². The first-order chi connectivity index (χ1) is 13.4. The van der Waals surface area contributed by atoms with Gasteiger partial charge >= 0.3 is 0 Å². The average Bonchev–Trinajstić information content (AvgIpc) is 2.95. The zero-order chi connectivity index (χ0) is 20.3. The van der Waals surface area contributed by atoms with Crippen molar-refractivity contribution in [2.24, 2.45) is 0 Å². The van der Waals surface area contributed by atoms with Crippen molar-refractivity contribution in [2.75, 3.05) is 33.3 Å². The van der Waals surface area contributed by atoms with E-state index in [4.69, 9.17) is 39.5 Å². The minimum atomic E-state index is -0.192. The van der Waals surface area contributed by atoms with E-state index in [1.54, 1.807) is 46.2 Å². The van der Waals surface area contributed by atoms with Gasteiger partial charge in [0, 0.05) is 36.2 Å². The number of amides is 2. The summed E-state index contributed by atoms with van der Waals surface area (Å²) in [5.41, 5.74) is 0.776. The molecule has 2 aromatic carbocycles. The van der Waals surface area contributed by atoms with E-state index in [0.29, 0.717) is 64.5 Å². The molecule has 28 heavy (non-hydrogen) atoms. The number of hydrogen-bond acceptors (Lipinski definition) is 3. The van der Waals surface area contributed by atoms with Crippen molar-refractivity contribution < 1.29 is 14.3 Å². The van der Waals surface area contributed by atoms with Crippen LogP contribution in [0.15, 0.2) is 36.4 Å². The van der Waals surface area contributed by atoms with E-state index in [-0.39, 0.29) is 11.8 Å². The Morgan fingerprint density at radius 3 is 1.96 bits per heavy atom. The molecule has 0 aliphatic carbocycles. The van der Waals surface area contributed by atoms with Crippen LogP contribution in [-0.2, 0) is 0 Å². The van der Waals surface area contributed by atoms with Crippen molar-refractivity contribution in [1.82, 2.24) is 9.80 Å². The second kappa shape index (κ2) is 9.03. The van der Waals surface area contributed by atoms with E-state index in [2.05, 4.69) is 0 Å². The summed E-state index contributed by atoms with van der Waals surface area (Å²) in [5, 5.41) is 1.27. The van der Waals surface area contributed by atoms with Gasteiger partial charge in [-0.25, -0.2) is 0 Å². The summed E-state index contributed by atoms with van der Waals surface area (Å²) in [5.74, 6) is 0.105. The Morgan fingerprint density at radius 1 is 0.821 bits per heavy atom. The van der Waals surface area contributed by atoms with Gasteiger partial charge < -0.3 is 14.5 Å². The zero-order valence-corrected chi connectivity index (χ0v) is 17.5. The van der Waals surface area contributed by atoms with Gasteiger partial charge in [-0.15, -0.1) is 0 Å². The molecule has 1 fully saturated rings. The number of carbonyl (C=O) groups excluding carboxylic acids is 2. The van der Waals surface area contributed by atoms with E-state index < -0.39 is 0 Å². The lowest BCUT2D eigenvalue weighted by atomic mass is 10.1. The topological polar surface area (TPSA) is 49.9 Å². The third-order valence-corrected chi connectivity index (χ3v) is 5.42. The summed E-state index contributed by atoms with van der Waals surface area (Å²) in [6.45, 7) is 1.86. The summed E-state index contributed by atoms with van der Waals surface area (Å²) in [7, 11) is 1.51. The second-order valence-electron chi connectivity index (χ2n) is 6.41. The lowest BCUT2D eigenvalue weighted by Gasteiger charge is -2.23. The predicted octanol–water partition coefficient (Wildman–Crippen LogP) is 4.64. The molecule has 2 amide bonds. The summed E-state index contributed by atoms with van der Waals surface area (Å²) < 4.78 is 5.29. The molecular formula is C20H19Cl3N2O3. The third-order valence-electron chi connectivity index (χ3n) is 4.62. The predicted molar refractivity (Wildman–Crippen MR) is 111 cm³/mol. The largest absolute Gasteiger partial charge is 0.496 e. The summed E-state index contributed by atoms with van der Waals surface area (Å²) in [6.07, 6.45) is 0.651. The first-order valence-corrected chi connectivity index (χ1v) is 9.91. The SMILES string of the molecule is COc1ccc(Cl)cc1C(=O)N1CCCN(C(=O)c2cc(Cl)ccc2Cl)CC1. The van der Waals surface area contributed by atoms with Crippen LogP contribution in [-0.4, -0.2) is 54.9 Å². The summed E-state index contributed by atoms with van der Waals surface area (Å²) >= 11 is 18.2. The van der Waals surface area contributed by atoms with Crippen LogP contribution in [0.1, 0.15) is 27.1 Å². The Balaban J connectivity index is 1.75. The number of methoxy groups -OCH3 is 1. The maximum absolute atomic E-state index is 13.0. The van der Waals surface area contributed by atoms with Crippen molar-refractivity contribution in [3.05, 3.63) is 62.6 Å². The highest BCUT2D eigenvalue weighted by Crippen LogP contribution is 2.26. The minimum Gasteiger partial charge on any atom is -0.496 e. The fourth-order valence-corrected chi connectivity index (χ4v) is 3.72. The van der Waals surface area contributed by atoms with E-state index in [0.717, 1.165) is 0 Å². The number of nitrogens with zero attached hydrogens (tertiary/aromatic N) is 2. The number of benzene rings is 2. The van der Waals surface area contributed by atoms with Crippen LogP contribution < -0.4 is 4.74 Å². The van der Waals surface area contributed by atoms with E-state index in [9.17, 15) is 9.59 Å². The van der Waals surface area contributed by atoms with E-state index in [1.807, 2.05) is 0 Å². The molecule has 148 valence electrons. The molecule has 1 saturated heterocycles. The standard InChI is InChI=1S/C20H19Cl3N2O3/c1-28-18-6-4-14(22)12-16(18)20(27)25-8-2-7-24(9-10-25)19(26)15-11-13(21)3-5-17(15)23/h3-6,11-12H,2,7-10H2,1H3. The molecule has 1 heterocycles. The van der Waals surface area contributed by atoms with Gasteiger partial charge in [-0.1, -0.05) is 34.8 Å². The Kier molecular flexibility index (Phi) is 6.70. The minimum absolute atomic E-state index is 0.172. The number of carbonyl (C=O) groups is 2. The molecule has 0 radical (unpaired) electrons. The summed E-state index contributed by atoms with van der Waals surface area (Å²) in [4.78, 5) is 29.2. The highest BCUT2D eigenvalue weighted by Gasteiger charge is 2.26. The highest BCUT2D eigenvalue weighted by atomic mass is 35.5. The quantitative estimate of drug-likeness (QED) is 0.697. The maximum Gasteiger partial charge on any atom is 0.257 e. The van der Waals surface area contributed by atoms with Crippen molar-refractivity contribution in [3.8, 4) is 5.75 Å². The van der Waals surface area contributed by atoms with Crippen molar-refractivity contribution >= 4 is 46.6 Å². The molecule has 0 saturated carbocycles. The molecular weight excluding hydrogens is 423 g/mol. The van der Waals surface area contributed by atoms with Gasteiger partial charge in [0.25, 0.3) is 11.8 Å². The van der Waals surface area contributed by atoms with Crippen LogP contribution in [0.3, 0.4) is 0 Å². The molecule has 1 aliphatic rings. The maximum atomic E-state index is 13.0. The fraction of sp³-hybridized carbons (Fsp3) is 0.300. The van der Waals surface area contributed by atoms with Crippen LogP contribution in [0.2, 0.25) is 15.1 Å². The van der Waals surface area contributed by atoms with Gasteiger partial charge in [-0.2, -0.15) is 0 Å². The second-order valence-corrected chi connectivity index (χ2v) is 7.69. The molecule has 0 N–H and O–H groups in total. The van der Waals surface area contributed by atoms with Crippen molar-refractivity contribution in [1.29, 1.82) is 0 Å². The molecule has 0 bridgehead atoms. The average molecular weight is 442 g/mol. The first-order valence-electron chi connectivity index (χ1n) is 8.78. The van der Waals surface area contributed by atoms with Crippen LogP contribution in [0, 0.1) is 0 Å². The van der Waals surface area contributed by atoms with E-state index in [1.165, 1.54) is 7.11 Å². The zero-order valence-electron chi connectivity index (χ0n) is 15.3. The van der Waals surface area contributed by atoms with Crippen LogP contribution in [0.25, 0.3) is 0 Å².